The van der Waals surface area contributed by atoms with Crippen molar-refractivity contribution in [2.75, 3.05) is 0 Å². The second-order valence-electron chi connectivity index (χ2n) is 4.12. The lowest BCUT2D eigenvalue weighted by Crippen LogP contribution is -1.99. The minimum Gasteiger partial charge on any atom is -0.288 e. The van der Waals surface area contributed by atoms with Gasteiger partial charge >= 0.3 is 0 Å². The predicted octanol–water partition coefficient (Wildman–Crippen LogP) is 2.98. The maximum Gasteiger partial charge on any atom is 0.196 e. The summed E-state index contributed by atoms with van der Waals surface area (Å²) >= 11 is 0. The topological polar surface area (TPSA) is 45.8 Å². The van der Waals surface area contributed by atoms with Crippen molar-refractivity contribution >= 4 is 5.78 Å². The van der Waals surface area contributed by atoms with Gasteiger partial charge in [0.1, 0.15) is 0 Å². The molecule has 0 aliphatic heterocycles. The van der Waals surface area contributed by atoms with Crippen LogP contribution in [0.15, 0.2) is 36.7 Å². The fourth-order valence-corrected chi connectivity index (χ4v) is 1.75. The summed E-state index contributed by atoms with van der Waals surface area (Å²) in [6.07, 6.45) is 6.63. The summed E-state index contributed by atoms with van der Waals surface area (Å²) < 4.78 is 0. The molecule has 2 rings (SSSR count). The van der Waals surface area contributed by atoms with E-state index in [0.717, 1.165) is 6.42 Å². The summed E-state index contributed by atoms with van der Waals surface area (Å²) in [5, 5.41) is 6.43. The van der Waals surface area contributed by atoms with Gasteiger partial charge in [0.05, 0.1) is 11.8 Å². The van der Waals surface area contributed by atoms with Crippen LogP contribution >= 0.6 is 0 Å². The molecule has 1 aromatic heterocycles. The lowest BCUT2D eigenvalue weighted by atomic mass is 10.0. The Bertz CT molecular complexity index is 471. The molecule has 1 aromatic carbocycles. The number of carbonyl (C=O) groups excluding carboxylic acids is 1. The van der Waals surface area contributed by atoms with Gasteiger partial charge in [-0.3, -0.25) is 9.89 Å². The van der Waals surface area contributed by atoms with Crippen molar-refractivity contribution in [2.24, 2.45) is 0 Å². The molecule has 88 valence electrons. The summed E-state index contributed by atoms with van der Waals surface area (Å²) in [6, 6.07) is 7.84. The normalized spacial score (nSPS) is 10.4. The number of nitrogens with zero attached hydrogens (tertiary/aromatic N) is 1. The van der Waals surface area contributed by atoms with Gasteiger partial charge in [-0.1, -0.05) is 37.6 Å². The first-order chi connectivity index (χ1) is 8.31. The molecule has 0 radical (unpaired) electrons. The van der Waals surface area contributed by atoms with Crippen molar-refractivity contribution in [2.45, 2.75) is 26.2 Å². The Morgan fingerprint density at radius 3 is 2.59 bits per heavy atom. The van der Waals surface area contributed by atoms with Crippen molar-refractivity contribution < 1.29 is 4.79 Å². The monoisotopic (exact) mass is 228 g/mol. The highest BCUT2D eigenvalue weighted by atomic mass is 16.1. The maximum atomic E-state index is 12.0. The zero-order valence-electron chi connectivity index (χ0n) is 9.94. The summed E-state index contributed by atoms with van der Waals surface area (Å²) in [7, 11) is 0. The average Bonchev–Trinajstić information content (AvgIpc) is 2.90. The first-order valence-corrected chi connectivity index (χ1v) is 5.93. The number of ketones is 1. The van der Waals surface area contributed by atoms with Crippen molar-refractivity contribution in [3.63, 3.8) is 0 Å². The van der Waals surface area contributed by atoms with Gasteiger partial charge in [0.25, 0.3) is 0 Å². The zero-order valence-corrected chi connectivity index (χ0v) is 9.94. The van der Waals surface area contributed by atoms with Gasteiger partial charge in [-0.15, -0.1) is 0 Å². The molecule has 3 heteroatoms. The Balaban J connectivity index is 2.10. The molecule has 1 N–H and O–H groups in total. The molecule has 0 amide bonds. The van der Waals surface area contributed by atoms with Crippen LogP contribution in [0.5, 0.6) is 0 Å². The van der Waals surface area contributed by atoms with Gasteiger partial charge in [0.2, 0.25) is 0 Å². The number of carbonyl (C=O) groups is 1. The lowest BCUT2D eigenvalue weighted by Gasteiger charge is -2.02. The van der Waals surface area contributed by atoms with Gasteiger partial charge in [0.15, 0.2) is 5.78 Å². The summed E-state index contributed by atoms with van der Waals surface area (Å²) in [5.41, 5.74) is 2.61. The SMILES string of the molecule is CCCCc1ccc(C(=O)c2cn[nH]c2)cc1. The van der Waals surface area contributed by atoms with Crippen molar-refractivity contribution in [1.82, 2.24) is 10.2 Å². The Morgan fingerprint density at radius 2 is 2.00 bits per heavy atom. The Kier molecular flexibility index (Phi) is 3.70. The first kappa shape index (κ1) is 11.6. The number of aryl methyl sites for hydroxylation is 1. The molecule has 0 unspecified atom stereocenters. The summed E-state index contributed by atoms with van der Waals surface area (Å²) in [4.78, 5) is 12.0. The van der Waals surface area contributed by atoms with E-state index in [1.807, 2.05) is 24.3 Å². The van der Waals surface area contributed by atoms with Gasteiger partial charge in [-0.25, -0.2) is 0 Å². The smallest absolute Gasteiger partial charge is 0.196 e. The molecule has 17 heavy (non-hydrogen) atoms. The molecule has 2 aromatic rings. The fourth-order valence-electron chi connectivity index (χ4n) is 1.75. The maximum absolute atomic E-state index is 12.0. The number of H-pyrrole nitrogens is 1. The number of benzene rings is 1. The molecule has 3 nitrogen and oxygen atoms in total. The zero-order chi connectivity index (χ0) is 12.1. The molecular weight excluding hydrogens is 212 g/mol. The quantitative estimate of drug-likeness (QED) is 0.800. The highest BCUT2D eigenvalue weighted by Crippen LogP contribution is 2.11. The predicted molar refractivity (Wildman–Crippen MR) is 67.1 cm³/mol. The fraction of sp³-hybridized carbons (Fsp3) is 0.286. The van der Waals surface area contributed by atoms with E-state index in [1.54, 1.807) is 12.4 Å². The summed E-state index contributed by atoms with van der Waals surface area (Å²) in [6.45, 7) is 2.18. The van der Waals surface area contributed by atoms with E-state index in [1.165, 1.54) is 18.4 Å². The molecule has 0 atom stereocenters. The van der Waals surface area contributed by atoms with E-state index < -0.39 is 0 Å². The van der Waals surface area contributed by atoms with Crippen molar-refractivity contribution in [1.29, 1.82) is 0 Å². The molecular formula is C14H16N2O. The third-order valence-corrected chi connectivity index (χ3v) is 2.80. The minimum absolute atomic E-state index is 0.0146. The number of hydrogen-bond acceptors (Lipinski definition) is 2. The van der Waals surface area contributed by atoms with Crippen LogP contribution in [0.1, 0.15) is 41.3 Å². The molecule has 0 saturated heterocycles. The van der Waals surface area contributed by atoms with Crippen LogP contribution in [-0.4, -0.2) is 16.0 Å². The van der Waals surface area contributed by atoms with Gasteiger partial charge in [0, 0.05) is 11.8 Å². The van der Waals surface area contributed by atoms with Crippen molar-refractivity contribution in [3.8, 4) is 0 Å². The van der Waals surface area contributed by atoms with Crippen LogP contribution in [0.4, 0.5) is 0 Å². The van der Waals surface area contributed by atoms with Gasteiger partial charge < -0.3 is 0 Å². The Morgan fingerprint density at radius 1 is 1.24 bits per heavy atom. The number of hydrogen-bond donors (Lipinski definition) is 1. The van der Waals surface area contributed by atoms with E-state index in [9.17, 15) is 4.79 Å². The number of rotatable bonds is 5. The lowest BCUT2D eigenvalue weighted by molar-refractivity contribution is 0.103. The average molecular weight is 228 g/mol. The molecule has 0 spiro atoms. The molecule has 1 heterocycles. The Labute approximate surface area is 101 Å². The van der Waals surface area contributed by atoms with E-state index in [2.05, 4.69) is 17.1 Å². The van der Waals surface area contributed by atoms with Crippen LogP contribution in [0.25, 0.3) is 0 Å². The van der Waals surface area contributed by atoms with Crippen LogP contribution in [0.2, 0.25) is 0 Å². The third-order valence-electron chi connectivity index (χ3n) is 2.80. The second kappa shape index (κ2) is 5.43. The number of aromatic nitrogens is 2. The summed E-state index contributed by atoms with van der Waals surface area (Å²) in [5.74, 6) is 0.0146. The number of aromatic amines is 1. The van der Waals surface area contributed by atoms with E-state index in [-0.39, 0.29) is 5.78 Å². The largest absolute Gasteiger partial charge is 0.288 e. The number of unbranched alkanes of at least 4 members (excludes halogenated alkanes) is 1. The molecule has 0 aliphatic carbocycles. The standard InChI is InChI=1S/C14H16N2O/c1-2-3-4-11-5-7-12(8-6-11)14(17)13-9-15-16-10-13/h5-10H,2-4H2,1H3,(H,15,16). The Hall–Kier alpha value is -1.90. The van der Waals surface area contributed by atoms with Crippen LogP contribution < -0.4 is 0 Å². The van der Waals surface area contributed by atoms with E-state index in [4.69, 9.17) is 0 Å². The minimum atomic E-state index is 0.0146. The third kappa shape index (κ3) is 2.81. The van der Waals surface area contributed by atoms with Crippen molar-refractivity contribution in [3.05, 3.63) is 53.3 Å². The highest BCUT2D eigenvalue weighted by molar-refractivity contribution is 6.08. The van der Waals surface area contributed by atoms with Crippen LogP contribution in [-0.2, 0) is 6.42 Å². The van der Waals surface area contributed by atoms with Gasteiger partial charge in [-0.2, -0.15) is 5.10 Å². The second-order valence-corrected chi connectivity index (χ2v) is 4.12. The molecule has 0 bridgehead atoms. The highest BCUT2D eigenvalue weighted by Gasteiger charge is 2.09. The van der Waals surface area contributed by atoms with E-state index >= 15 is 0 Å². The van der Waals surface area contributed by atoms with Gasteiger partial charge in [-0.05, 0) is 18.4 Å². The van der Waals surface area contributed by atoms with Crippen LogP contribution in [0, 0.1) is 0 Å². The number of nitrogens with one attached hydrogen (secondary N) is 1. The van der Waals surface area contributed by atoms with E-state index in [0.29, 0.717) is 11.1 Å². The van der Waals surface area contributed by atoms with Crippen LogP contribution in [0.3, 0.4) is 0 Å². The molecule has 0 saturated carbocycles. The molecule has 0 aliphatic rings. The first-order valence-electron chi connectivity index (χ1n) is 5.93. The molecule has 0 fully saturated rings.